The fourth-order valence-electron chi connectivity index (χ4n) is 10.3. The summed E-state index contributed by atoms with van der Waals surface area (Å²) < 4.78 is 0. The molecule has 0 aliphatic rings. The van der Waals surface area contributed by atoms with Gasteiger partial charge in [0, 0.05) is 0 Å². The minimum absolute atomic E-state index is 0.423. The van der Waals surface area contributed by atoms with Gasteiger partial charge in [-0.25, -0.2) is 0 Å². The van der Waals surface area contributed by atoms with Crippen LogP contribution < -0.4 is 0 Å². The fraction of sp³-hybridized carbons (Fsp3) is 0.357. The molecule has 0 bridgehead atoms. The van der Waals surface area contributed by atoms with Crippen LogP contribution in [0, 0.1) is 29.6 Å². The second kappa shape index (κ2) is 21.0. The molecule has 0 fully saturated rings. The van der Waals surface area contributed by atoms with Gasteiger partial charge >= 0.3 is 0 Å². The Balaban J connectivity index is 1.31. The summed E-state index contributed by atoms with van der Waals surface area (Å²) in [5.41, 5.74) is 8.83. The van der Waals surface area contributed by atoms with E-state index < -0.39 is 0 Å². The van der Waals surface area contributed by atoms with Gasteiger partial charge in [-0.1, -0.05) is 236 Å². The lowest BCUT2D eigenvalue weighted by Crippen LogP contribution is -2.30. The van der Waals surface area contributed by atoms with Crippen LogP contribution in [0.1, 0.15) is 117 Å². The number of hydrogen-bond donors (Lipinski definition) is 0. The van der Waals surface area contributed by atoms with Crippen LogP contribution in [0.4, 0.5) is 0 Å². The van der Waals surface area contributed by atoms with Crippen LogP contribution in [0.5, 0.6) is 0 Å². The zero-order valence-corrected chi connectivity index (χ0v) is 34.8. The standard InChI is InChI=1S/C56H66/c1-6-52(44(4)41-47-29-15-8-16-30-47)56(51-37-23-12-24-38-51)54(49-33-19-10-20-34-49)42(2)26-25-39-53(48-31-17-9-18-32-48)55(50-35-21-11-22-36-50)45(5)43(3)40-46-27-13-7-14-28-46/h7-24,27-38,42-45,52-56H,6,25-26,39-41H2,1-5H3. The van der Waals surface area contributed by atoms with Crippen molar-refractivity contribution in [1.29, 1.82) is 0 Å². The summed E-state index contributed by atoms with van der Waals surface area (Å²) in [6, 6.07) is 68.3. The number of benzene rings is 6. The van der Waals surface area contributed by atoms with E-state index in [1.165, 1.54) is 52.6 Å². The van der Waals surface area contributed by atoms with Gasteiger partial charge in [-0.3, -0.25) is 0 Å². The highest BCUT2D eigenvalue weighted by atomic mass is 14.4. The molecule has 0 saturated carbocycles. The van der Waals surface area contributed by atoms with Gasteiger partial charge in [-0.15, -0.1) is 0 Å². The molecule has 9 atom stereocenters. The van der Waals surface area contributed by atoms with Crippen LogP contribution in [0.2, 0.25) is 0 Å². The lowest BCUT2D eigenvalue weighted by molar-refractivity contribution is 0.219. The summed E-state index contributed by atoms with van der Waals surface area (Å²) in [6.45, 7) is 12.5. The van der Waals surface area contributed by atoms with Crippen molar-refractivity contribution in [3.8, 4) is 0 Å². The molecule has 290 valence electrons. The Kier molecular flexibility index (Phi) is 15.4. The second-order valence-corrected chi connectivity index (χ2v) is 17.0. The maximum Gasteiger partial charge on any atom is -0.00596 e. The molecule has 0 heteroatoms. The molecule has 9 unspecified atom stereocenters. The topological polar surface area (TPSA) is 0 Å². The minimum atomic E-state index is 0.423. The van der Waals surface area contributed by atoms with E-state index in [0.29, 0.717) is 53.3 Å². The first-order chi connectivity index (χ1) is 27.4. The lowest BCUT2D eigenvalue weighted by atomic mass is 9.63. The minimum Gasteiger partial charge on any atom is -0.0651 e. The van der Waals surface area contributed by atoms with Crippen molar-refractivity contribution in [1.82, 2.24) is 0 Å². The Morgan fingerprint density at radius 1 is 0.357 bits per heavy atom. The predicted molar refractivity (Wildman–Crippen MR) is 241 cm³/mol. The predicted octanol–water partition coefficient (Wildman–Crippen LogP) is 15.3. The fourth-order valence-corrected chi connectivity index (χ4v) is 10.3. The van der Waals surface area contributed by atoms with Gasteiger partial charge in [0.25, 0.3) is 0 Å². The van der Waals surface area contributed by atoms with E-state index >= 15 is 0 Å². The monoisotopic (exact) mass is 739 g/mol. The van der Waals surface area contributed by atoms with Crippen LogP contribution in [-0.4, -0.2) is 0 Å². The van der Waals surface area contributed by atoms with Crippen LogP contribution in [0.15, 0.2) is 182 Å². The van der Waals surface area contributed by atoms with Gasteiger partial charge in [0.1, 0.15) is 0 Å². The third-order valence-electron chi connectivity index (χ3n) is 13.3. The van der Waals surface area contributed by atoms with E-state index in [-0.39, 0.29) is 0 Å². The molecule has 6 aromatic rings. The van der Waals surface area contributed by atoms with Crippen LogP contribution in [-0.2, 0) is 12.8 Å². The normalized spacial score (nSPS) is 16.4. The van der Waals surface area contributed by atoms with Gasteiger partial charge in [-0.2, -0.15) is 0 Å². The van der Waals surface area contributed by atoms with Gasteiger partial charge in [-0.05, 0) is 106 Å². The highest BCUT2D eigenvalue weighted by Crippen LogP contribution is 2.50. The first-order valence-electron chi connectivity index (χ1n) is 21.7. The first kappa shape index (κ1) is 41.0. The Morgan fingerprint density at radius 2 is 0.732 bits per heavy atom. The maximum atomic E-state index is 2.57. The summed E-state index contributed by atoms with van der Waals surface area (Å²) >= 11 is 0. The van der Waals surface area contributed by atoms with Gasteiger partial charge < -0.3 is 0 Å². The number of rotatable bonds is 20. The molecule has 6 aromatic carbocycles. The van der Waals surface area contributed by atoms with E-state index in [4.69, 9.17) is 0 Å². The zero-order chi connectivity index (χ0) is 39.1. The molecule has 0 saturated heterocycles. The third-order valence-corrected chi connectivity index (χ3v) is 13.3. The van der Waals surface area contributed by atoms with E-state index in [1.54, 1.807) is 0 Å². The van der Waals surface area contributed by atoms with Crippen molar-refractivity contribution >= 4 is 0 Å². The second-order valence-electron chi connectivity index (χ2n) is 17.0. The van der Waals surface area contributed by atoms with Crippen molar-refractivity contribution in [3.63, 3.8) is 0 Å². The molecule has 0 aromatic heterocycles. The summed E-state index contributed by atoms with van der Waals surface area (Å²) in [6.07, 6.45) is 6.95. The van der Waals surface area contributed by atoms with E-state index in [2.05, 4.69) is 217 Å². The van der Waals surface area contributed by atoms with Crippen molar-refractivity contribution in [2.45, 2.75) is 96.8 Å². The SMILES string of the molecule is CCC(C(C)Cc1ccccc1)C(c1ccccc1)C(c1ccccc1)C(C)CCCC(c1ccccc1)C(c1ccccc1)C(C)C(C)Cc1ccccc1. The smallest absolute Gasteiger partial charge is 0.00596 e. The van der Waals surface area contributed by atoms with Crippen LogP contribution in [0.3, 0.4) is 0 Å². The zero-order valence-electron chi connectivity index (χ0n) is 34.8. The largest absolute Gasteiger partial charge is 0.0651 e. The van der Waals surface area contributed by atoms with Crippen LogP contribution in [0.25, 0.3) is 0 Å². The third kappa shape index (κ3) is 10.8. The molecular weight excluding hydrogens is 673 g/mol. The van der Waals surface area contributed by atoms with Gasteiger partial charge in [0.05, 0.1) is 0 Å². The van der Waals surface area contributed by atoms with Crippen molar-refractivity contribution < 1.29 is 0 Å². The summed E-state index contributed by atoms with van der Waals surface area (Å²) in [4.78, 5) is 0. The molecule has 0 amide bonds. The molecule has 56 heavy (non-hydrogen) atoms. The van der Waals surface area contributed by atoms with E-state index in [9.17, 15) is 0 Å². The molecule has 0 spiro atoms. The maximum absolute atomic E-state index is 2.57. The highest BCUT2D eigenvalue weighted by molar-refractivity contribution is 5.32. The Hall–Kier alpha value is -4.68. The van der Waals surface area contributed by atoms with Crippen LogP contribution >= 0.6 is 0 Å². The summed E-state index contributed by atoms with van der Waals surface area (Å²) in [5, 5.41) is 0. The van der Waals surface area contributed by atoms with E-state index in [0.717, 1.165) is 19.3 Å². The van der Waals surface area contributed by atoms with Gasteiger partial charge in [0.15, 0.2) is 0 Å². The molecule has 6 rings (SSSR count). The van der Waals surface area contributed by atoms with Crippen molar-refractivity contribution in [2.24, 2.45) is 29.6 Å². The molecular formula is C56H66. The summed E-state index contributed by atoms with van der Waals surface area (Å²) in [7, 11) is 0. The summed E-state index contributed by atoms with van der Waals surface area (Å²) in [5.74, 6) is 4.40. The first-order valence-corrected chi connectivity index (χ1v) is 21.7. The number of hydrogen-bond acceptors (Lipinski definition) is 0. The molecule has 0 heterocycles. The quantitative estimate of drug-likeness (QED) is 0.0732. The molecule has 0 N–H and O–H groups in total. The average molecular weight is 739 g/mol. The molecule has 0 radical (unpaired) electrons. The van der Waals surface area contributed by atoms with Gasteiger partial charge in [0.2, 0.25) is 0 Å². The molecule has 0 aliphatic heterocycles. The van der Waals surface area contributed by atoms with Crippen molar-refractivity contribution in [2.75, 3.05) is 0 Å². The Labute approximate surface area is 340 Å². The molecule has 0 aliphatic carbocycles. The average Bonchev–Trinajstić information content (AvgIpc) is 3.25. The van der Waals surface area contributed by atoms with Crippen molar-refractivity contribution in [3.05, 3.63) is 215 Å². The lowest BCUT2D eigenvalue weighted by Gasteiger charge is -2.41. The van der Waals surface area contributed by atoms with E-state index in [1.807, 2.05) is 0 Å². The molecule has 0 nitrogen and oxygen atoms in total. The Morgan fingerprint density at radius 3 is 1.18 bits per heavy atom. The highest BCUT2D eigenvalue weighted by Gasteiger charge is 2.38. The Bertz CT molecular complexity index is 1920.